The fourth-order valence-corrected chi connectivity index (χ4v) is 4.08. The van der Waals surface area contributed by atoms with Crippen LogP contribution in [0.4, 0.5) is 5.69 Å². The Bertz CT molecular complexity index is 926. The van der Waals surface area contributed by atoms with Gasteiger partial charge in [0.15, 0.2) is 0 Å². The van der Waals surface area contributed by atoms with E-state index in [1.54, 1.807) is 25.1 Å². The lowest BCUT2D eigenvalue weighted by atomic mass is 10.2. The zero-order valence-electron chi connectivity index (χ0n) is 17.0. The summed E-state index contributed by atoms with van der Waals surface area (Å²) in [6, 6.07) is 13.7. The monoisotopic (exact) mass is 404 g/mol. The number of ether oxygens (including phenoxy) is 1. The lowest BCUT2D eigenvalue weighted by molar-refractivity contribution is -0.122. The number of rotatable bonds is 8. The molecule has 1 N–H and O–H groups in total. The minimum Gasteiger partial charge on any atom is -0.491 e. The molecule has 0 unspecified atom stereocenters. The number of aryl methyl sites for hydroxylation is 1. The summed E-state index contributed by atoms with van der Waals surface area (Å²) < 4.78 is 31.5. The first-order chi connectivity index (χ1) is 13.1. The smallest absolute Gasteiger partial charge is 0.243 e. The average molecular weight is 405 g/mol. The second kappa shape index (κ2) is 9.10. The van der Waals surface area contributed by atoms with Gasteiger partial charge in [0, 0.05) is 6.54 Å². The Labute approximate surface area is 167 Å². The Morgan fingerprint density at radius 2 is 1.79 bits per heavy atom. The van der Waals surface area contributed by atoms with Crippen molar-refractivity contribution in [2.45, 2.75) is 46.4 Å². The van der Waals surface area contributed by atoms with E-state index < -0.39 is 16.1 Å². The zero-order valence-corrected chi connectivity index (χ0v) is 17.8. The van der Waals surface area contributed by atoms with E-state index in [1.807, 2.05) is 51.1 Å². The Morgan fingerprint density at radius 3 is 2.39 bits per heavy atom. The third-order valence-corrected chi connectivity index (χ3v) is 5.32. The van der Waals surface area contributed by atoms with Crippen molar-refractivity contribution < 1.29 is 17.9 Å². The molecule has 0 saturated carbocycles. The predicted molar refractivity (Wildman–Crippen MR) is 112 cm³/mol. The van der Waals surface area contributed by atoms with Gasteiger partial charge in [-0.05, 0) is 63.1 Å². The van der Waals surface area contributed by atoms with Gasteiger partial charge in [-0.25, -0.2) is 8.42 Å². The number of nitrogens with zero attached hydrogens (tertiary/aromatic N) is 1. The summed E-state index contributed by atoms with van der Waals surface area (Å²) in [5.41, 5.74) is 2.26. The number of carbonyl (C=O) groups excluding carboxylic acids is 1. The first kappa shape index (κ1) is 21.8. The molecule has 0 spiro atoms. The van der Waals surface area contributed by atoms with Crippen LogP contribution < -0.4 is 14.4 Å². The summed E-state index contributed by atoms with van der Waals surface area (Å²) in [6.45, 7) is 7.63. The van der Waals surface area contributed by atoms with Crippen LogP contribution in [-0.4, -0.2) is 32.7 Å². The number of amides is 1. The van der Waals surface area contributed by atoms with Crippen LogP contribution in [0.1, 0.15) is 31.9 Å². The van der Waals surface area contributed by atoms with Crippen LogP contribution in [0.5, 0.6) is 5.75 Å². The standard InChI is InChI=1S/C21H28N2O4S/c1-15(2)27-20-11-7-9-18(13-20)14-22-21(24)17(4)23(28(5,25)26)19-10-6-8-16(3)12-19/h6-13,15,17H,14H2,1-5H3,(H,22,24)/t17-/m1/s1. The van der Waals surface area contributed by atoms with E-state index in [9.17, 15) is 13.2 Å². The molecule has 0 fully saturated rings. The molecule has 2 aromatic carbocycles. The summed E-state index contributed by atoms with van der Waals surface area (Å²) >= 11 is 0. The molecule has 1 amide bonds. The molecule has 1 atom stereocenters. The number of carbonyl (C=O) groups is 1. The number of hydrogen-bond donors (Lipinski definition) is 1. The first-order valence-electron chi connectivity index (χ1n) is 9.17. The highest BCUT2D eigenvalue weighted by Crippen LogP contribution is 2.22. The van der Waals surface area contributed by atoms with Gasteiger partial charge in [-0.2, -0.15) is 0 Å². The highest BCUT2D eigenvalue weighted by atomic mass is 32.2. The van der Waals surface area contributed by atoms with Crippen molar-refractivity contribution in [3.05, 3.63) is 59.7 Å². The highest BCUT2D eigenvalue weighted by Gasteiger charge is 2.29. The molecular formula is C21H28N2O4S. The topological polar surface area (TPSA) is 75.7 Å². The molecule has 2 aromatic rings. The highest BCUT2D eigenvalue weighted by molar-refractivity contribution is 7.92. The minimum absolute atomic E-state index is 0.0579. The lowest BCUT2D eigenvalue weighted by Crippen LogP contribution is -2.47. The van der Waals surface area contributed by atoms with Gasteiger partial charge in [0.25, 0.3) is 0 Å². The maximum Gasteiger partial charge on any atom is 0.243 e. The Hall–Kier alpha value is -2.54. The van der Waals surface area contributed by atoms with E-state index in [2.05, 4.69) is 5.32 Å². The average Bonchev–Trinajstić information content (AvgIpc) is 2.58. The summed E-state index contributed by atoms with van der Waals surface area (Å²) in [5, 5.41) is 2.82. The molecule has 7 heteroatoms. The largest absolute Gasteiger partial charge is 0.491 e. The van der Waals surface area contributed by atoms with Gasteiger partial charge < -0.3 is 10.1 Å². The normalized spacial score (nSPS) is 12.5. The maximum absolute atomic E-state index is 12.7. The number of sulfonamides is 1. The number of nitrogens with one attached hydrogen (secondary N) is 1. The maximum atomic E-state index is 12.7. The van der Waals surface area contributed by atoms with Gasteiger partial charge in [-0.15, -0.1) is 0 Å². The van der Waals surface area contributed by atoms with Gasteiger partial charge >= 0.3 is 0 Å². The molecule has 0 aliphatic rings. The summed E-state index contributed by atoms with van der Waals surface area (Å²) in [4.78, 5) is 12.7. The zero-order chi connectivity index (χ0) is 20.9. The quantitative estimate of drug-likeness (QED) is 0.733. The molecule has 6 nitrogen and oxygen atoms in total. The van der Waals surface area contributed by atoms with E-state index in [1.165, 1.54) is 0 Å². The van der Waals surface area contributed by atoms with Crippen LogP contribution in [0.2, 0.25) is 0 Å². The van der Waals surface area contributed by atoms with Crippen molar-refractivity contribution in [2.24, 2.45) is 0 Å². The molecule has 0 aromatic heterocycles. The van der Waals surface area contributed by atoms with Crippen LogP contribution in [0.25, 0.3) is 0 Å². The van der Waals surface area contributed by atoms with Gasteiger partial charge in [0.2, 0.25) is 15.9 Å². The molecule has 0 aliphatic heterocycles. The molecule has 0 bridgehead atoms. The van der Waals surface area contributed by atoms with Gasteiger partial charge in [-0.3, -0.25) is 9.10 Å². The van der Waals surface area contributed by atoms with Crippen molar-refractivity contribution in [1.82, 2.24) is 5.32 Å². The van der Waals surface area contributed by atoms with Crippen LogP contribution in [-0.2, 0) is 21.4 Å². The Kier molecular flexibility index (Phi) is 7.07. The SMILES string of the molecule is Cc1cccc(N([C@H](C)C(=O)NCc2cccc(OC(C)C)c2)S(C)(=O)=O)c1. The predicted octanol–water partition coefficient (Wildman–Crippen LogP) is 3.25. The van der Waals surface area contributed by atoms with Crippen molar-refractivity contribution in [2.75, 3.05) is 10.6 Å². The first-order valence-corrected chi connectivity index (χ1v) is 11.0. The van der Waals surface area contributed by atoms with E-state index >= 15 is 0 Å². The number of hydrogen-bond acceptors (Lipinski definition) is 4. The fourth-order valence-electron chi connectivity index (χ4n) is 2.91. The van der Waals surface area contributed by atoms with E-state index in [0.717, 1.165) is 27.4 Å². The second-order valence-electron chi connectivity index (χ2n) is 7.11. The fraction of sp³-hybridized carbons (Fsp3) is 0.381. The van der Waals surface area contributed by atoms with Crippen molar-refractivity contribution in [3.63, 3.8) is 0 Å². The van der Waals surface area contributed by atoms with Crippen LogP contribution >= 0.6 is 0 Å². The molecule has 0 radical (unpaired) electrons. The number of anilines is 1. The molecule has 152 valence electrons. The molecular weight excluding hydrogens is 376 g/mol. The molecule has 0 heterocycles. The third kappa shape index (κ3) is 5.99. The minimum atomic E-state index is -3.63. The lowest BCUT2D eigenvalue weighted by Gasteiger charge is -2.28. The third-order valence-electron chi connectivity index (χ3n) is 4.08. The van der Waals surface area contributed by atoms with Crippen LogP contribution in [0.3, 0.4) is 0 Å². The van der Waals surface area contributed by atoms with Crippen molar-refractivity contribution in [3.8, 4) is 5.75 Å². The summed E-state index contributed by atoms with van der Waals surface area (Å²) in [6.07, 6.45) is 1.16. The number of benzene rings is 2. The van der Waals surface area contributed by atoms with Crippen molar-refractivity contribution >= 4 is 21.6 Å². The Balaban J connectivity index is 2.13. The Morgan fingerprint density at radius 1 is 1.11 bits per heavy atom. The second-order valence-corrected chi connectivity index (χ2v) is 8.97. The van der Waals surface area contributed by atoms with Crippen molar-refractivity contribution in [1.29, 1.82) is 0 Å². The summed E-state index contributed by atoms with van der Waals surface area (Å²) in [5.74, 6) is 0.356. The summed E-state index contributed by atoms with van der Waals surface area (Å²) in [7, 11) is -3.63. The van der Waals surface area contributed by atoms with E-state index in [0.29, 0.717) is 5.69 Å². The van der Waals surface area contributed by atoms with Gasteiger partial charge in [0.05, 0.1) is 18.0 Å². The molecule has 0 saturated heterocycles. The van der Waals surface area contributed by atoms with Crippen LogP contribution in [0, 0.1) is 6.92 Å². The van der Waals surface area contributed by atoms with E-state index in [4.69, 9.17) is 4.74 Å². The molecule has 0 aliphatic carbocycles. The molecule has 2 rings (SSSR count). The van der Waals surface area contributed by atoms with Crippen LogP contribution in [0.15, 0.2) is 48.5 Å². The molecule has 28 heavy (non-hydrogen) atoms. The van der Waals surface area contributed by atoms with Gasteiger partial charge in [0.1, 0.15) is 11.8 Å². The van der Waals surface area contributed by atoms with E-state index in [-0.39, 0.29) is 18.6 Å². The van der Waals surface area contributed by atoms with Gasteiger partial charge in [-0.1, -0.05) is 24.3 Å².